The molecule has 10 heterocycles. The van der Waals surface area contributed by atoms with E-state index in [2.05, 4.69) is 480 Å². The third-order valence-electron chi connectivity index (χ3n) is 28.6. The van der Waals surface area contributed by atoms with Gasteiger partial charge < -0.3 is 8.83 Å². The number of fused-ring (bicyclic) bond motifs is 12. The summed E-state index contributed by atoms with van der Waals surface area (Å²) < 4.78 is 25.9. The SMILES string of the molecule is Cc1cc(C)c(C)c(-c2cc(CC(C)C)c3ccccc3[n+]2C)c1.Cc1cc2c(oc3ncccc32)c(-c2ccc3c(CC(C)C)cccc3[n+]2C)c1C.Cc1ccc2c(n1)oc1c(-c3c4ccc(CC(C)C)cc4cc[n+]3C)c(C)c(C)cc12.Cc1ccccc1-c1c2cc(CC(C)C)ccc2nc[n+]1C.Cc1ccccc1-c1c2cccc(C)c2nc[n+]1C.Cc1ccccc1-c1c2ccccc2nc[n+]1C. The Balaban J connectivity index is 0.000000120. The van der Waals surface area contributed by atoms with Crippen LogP contribution in [-0.2, 0) is 68.0 Å². The van der Waals surface area contributed by atoms with Crippen molar-refractivity contribution in [1.29, 1.82) is 0 Å². The Morgan fingerprint density at radius 3 is 1.38 bits per heavy atom. The van der Waals surface area contributed by atoms with Crippen LogP contribution in [0.5, 0.6) is 0 Å². The molecule has 0 saturated carbocycles. The molecule has 724 valence electrons. The van der Waals surface area contributed by atoms with Crippen LogP contribution in [0.2, 0.25) is 0 Å². The van der Waals surface area contributed by atoms with Crippen molar-refractivity contribution in [2.24, 2.45) is 66.0 Å². The Kier molecular flexibility index (Phi) is 29.9. The maximum absolute atomic E-state index is 6.41. The number of rotatable bonds is 14. The quantitative estimate of drug-likeness (QED) is 0.0996. The van der Waals surface area contributed by atoms with Gasteiger partial charge in [-0.05, 0) is 316 Å². The maximum Gasteiger partial charge on any atom is 0.287 e. The molecule has 0 N–H and O–H groups in total. The zero-order valence-corrected chi connectivity index (χ0v) is 89.2. The van der Waals surface area contributed by atoms with Gasteiger partial charge in [-0.2, -0.15) is 9.13 Å². The Morgan fingerprint density at radius 1 is 0.285 bits per heavy atom. The molecule has 13 heteroatoms. The van der Waals surface area contributed by atoms with Crippen molar-refractivity contribution < 1.29 is 36.2 Å². The molecule has 0 aliphatic heterocycles. The number of pyridine rings is 5. The van der Waals surface area contributed by atoms with E-state index in [1.807, 2.05) is 45.1 Å². The first-order chi connectivity index (χ1) is 69.2. The smallest absolute Gasteiger partial charge is 0.287 e. The lowest BCUT2D eigenvalue weighted by Gasteiger charge is -2.14. The van der Waals surface area contributed by atoms with Crippen molar-refractivity contribution in [2.75, 3.05) is 0 Å². The lowest BCUT2D eigenvalue weighted by molar-refractivity contribution is -0.662. The first kappa shape index (κ1) is 100. The second-order valence-electron chi connectivity index (χ2n) is 41.5. The molecular formula is C131H139N11O2+6. The highest BCUT2D eigenvalue weighted by Gasteiger charge is 2.30. The number of aryl methyl sites for hydroxylation is 15. The van der Waals surface area contributed by atoms with Gasteiger partial charge in [-0.1, -0.05) is 207 Å². The van der Waals surface area contributed by atoms with Crippen LogP contribution in [0.4, 0.5) is 0 Å². The molecule has 0 radical (unpaired) electrons. The van der Waals surface area contributed by atoms with E-state index >= 15 is 0 Å². The van der Waals surface area contributed by atoms with Gasteiger partial charge in [0.05, 0.1) is 53.8 Å². The van der Waals surface area contributed by atoms with Crippen molar-refractivity contribution >= 4 is 109 Å². The Labute approximate surface area is 850 Å². The molecule has 12 aromatic carbocycles. The number of hydrogen-bond donors (Lipinski definition) is 0. The van der Waals surface area contributed by atoms with Crippen LogP contribution in [0.15, 0.2) is 307 Å². The van der Waals surface area contributed by atoms with Crippen molar-refractivity contribution in [3.8, 4) is 67.5 Å². The number of benzene rings is 12. The predicted octanol–water partition coefficient (Wildman–Crippen LogP) is 29.3. The van der Waals surface area contributed by atoms with Gasteiger partial charge in [-0.25, -0.2) is 28.2 Å². The number of nitrogens with zero attached hydrogens (tertiary/aromatic N) is 11. The van der Waals surface area contributed by atoms with Crippen LogP contribution in [0.25, 0.3) is 177 Å². The minimum atomic E-state index is 0.627. The molecule has 0 bridgehead atoms. The van der Waals surface area contributed by atoms with Crippen LogP contribution in [-0.4, -0.2) is 24.9 Å². The van der Waals surface area contributed by atoms with Gasteiger partial charge in [0.25, 0.3) is 19.0 Å². The predicted molar refractivity (Wildman–Crippen MR) is 598 cm³/mol. The summed E-state index contributed by atoms with van der Waals surface area (Å²) in [4.78, 5) is 22.7. The van der Waals surface area contributed by atoms with Crippen LogP contribution in [0.3, 0.4) is 0 Å². The van der Waals surface area contributed by atoms with Gasteiger partial charge in [0.1, 0.15) is 38.2 Å². The van der Waals surface area contributed by atoms with Gasteiger partial charge in [0.2, 0.25) is 39.5 Å². The summed E-state index contributed by atoms with van der Waals surface area (Å²) in [5.74, 6) is 2.57. The lowest BCUT2D eigenvalue weighted by Crippen LogP contribution is -2.33. The number of aromatic nitrogens is 11. The van der Waals surface area contributed by atoms with Crippen molar-refractivity contribution in [3.63, 3.8) is 0 Å². The van der Waals surface area contributed by atoms with E-state index in [0.717, 1.165) is 97.5 Å². The summed E-state index contributed by atoms with van der Waals surface area (Å²) >= 11 is 0. The highest BCUT2D eigenvalue weighted by molar-refractivity contribution is 6.12. The van der Waals surface area contributed by atoms with Crippen LogP contribution < -0.4 is 27.4 Å². The first-order valence-corrected chi connectivity index (χ1v) is 51.0. The Bertz CT molecular complexity index is 8650. The van der Waals surface area contributed by atoms with Crippen LogP contribution in [0, 0.1) is 107 Å². The summed E-state index contributed by atoms with van der Waals surface area (Å²) in [6, 6.07) is 95.5. The summed E-state index contributed by atoms with van der Waals surface area (Å²) in [6.45, 7) is 44.1. The van der Waals surface area contributed by atoms with Gasteiger partial charge in [-0.3, -0.25) is 0 Å². The van der Waals surface area contributed by atoms with E-state index < -0.39 is 0 Å². The first-order valence-electron chi connectivity index (χ1n) is 51.0. The molecule has 13 nitrogen and oxygen atoms in total. The fourth-order valence-corrected chi connectivity index (χ4v) is 21.0. The van der Waals surface area contributed by atoms with E-state index in [4.69, 9.17) is 8.83 Å². The van der Waals surface area contributed by atoms with Gasteiger partial charge in [0, 0.05) is 102 Å². The van der Waals surface area contributed by atoms with Gasteiger partial charge in [-0.15, -0.1) is 0 Å². The van der Waals surface area contributed by atoms with Crippen molar-refractivity contribution in [2.45, 2.75) is 164 Å². The van der Waals surface area contributed by atoms with Crippen molar-refractivity contribution in [3.05, 3.63) is 387 Å². The standard InChI is InChI=1S/C28H29N2O.C27H27N2O.C23H28N.C20H23N2.C17H17N2.C16H15N2/c1-16(2)13-20-8-10-22-21(15-20)11-12-30(6)26(22)25-19(5)17(3)14-24-23-9-7-18(4)29-28(23)31-27(24)25;1-16(2)14-19-8-6-10-23-20(19)11-12-24(29(23)5)25-18(4)17(3)15-22-21-9-7-13-28-27(21)30-26(22)25;1-15(2)11-19-14-23(21-13-16(3)12-17(4)18(21)5)24(6)22-10-8-7-9-20(19)22;1-14(2)11-16-9-10-19-18(12-16)20(22(4)13-21-19)17-8-6-5-7-15(17)3;1-12-7-4-5-9-14(12)17-15-10-6-8-13(2)16(15)18-11-19(17)3;1-12-7-3-4-8-13(12)16-14-9-5-6-10-15(14)17-11-18(16)2/h7-12,14-16H,13H2,1-6H3;6-13,15-16H,14H2,1-5H3;7-10,12-15H,11H2,1-6H3;5-10,12-14H,11H2,1-4H3;4-11H,1-3H3;3-11H,1-2H3/q6*+1. The largest absolute Gasteiger partial charge is 0.437 e. The topological polar surface area (TPSA) is 114 Å². The third kappa shape index (κ3) is 20.8. The van der Waals surface area contributed by atoms with Crippen LogP contribution in [0.1, 0.15) is 145 Å². The number of para-hydroxylation sites is 3. The fraction of sp³-hybridized carbons (Fsp3) is 0.260. The minimum absolute atomic E-state index is 0.627. The highest BCUT2D eigenvalue weighted by atomic mass is 16.3. The number of furan rings is 2. The molecule has 0 atom stereocenters. The molecule has 0 unspecified atom stereocenters. The van der Waals surface area contributed by atoms with Gasteiger partial charge >= 0.3 is 0 Å². The summed E-state index contributed by atoms with van der Waals surface area (Å²) in [6.07, 6.45) is 14.0. The fourth-order valence-electron chi connectivity index (χ4n) is 21.0. The average molecular weight is 1900 g/mol. The van der Waals surface area contributed by atoms with E-state index in [-0.39, 0.29) is 0 Å². The van der Waals surface area contributed by atoms with Crippen LogP contribution >= 0.6 is 0 Å². The molecular weight excluding hydrogens is 1760 g/mol. The minimum Gasteiger partial charge on any atom is -0.437 e. The lowest BCUT2D eigenvalue weighted by atomic mass is 9.93. The molecule has 144 heavy (non-hydrogen) atoms. The molecule has 0 aliphatic rings. The molecule has 10 aromatic heterocycles. The second kappa shape index (κ2) is 42.9. The molecule has 0 saturated heterocycles. The zero-order valence-electron chi connectivity index (χ0n) is 89.2. The van der Waals surface area contributed by atoms with E-state index in [0.29, 0.717) is 35.1 Å². The number of hydrogen-bond acceptors (Lipinski definition) is 7. The zero-order chi connectivity index (χ0) is 102. The Hall–Kier alpha value is -15.2. The molecule has 0 amide bonds. The van der Waals surface area contributed by atoms with E-state index in [1.165, 1.54) is 183 Å². The molecule has 0 aliphatic carbocycles. The monoisotopic (exact) mass is 1900 g/mol. The molecule has 0 fully saturated rings. The normalized spacial score (nSPS) is 11.5. The Morgan fingerprint density at radius 2 is 0.750 bits per heavy atom. The molecule has 22 rings (SSSR count). The average Bonchev–Trinajstić information content (AvgIpc) is 1.56. The summed E-state index contributed by atoms with van der Waals surface area (Å²) in [7, 11) is 12.6. The van der Waals surface area contributed by atoms with Gasteiger partial charge in [0.15, 0.2) is 33.9 Å². The van der Waals surface area contributed by atoms with Crippen molar-refractivity contribution in [1.82, 2.24) is 24.9 Å². The highest BCUT2D eigenvalue weighted by Crippen LogP contribution is 2.44. The van der Waals surface area contributed by atoms with E-state index in [1.54, 1.807) is 6.20 Å². The maximum atomic E-state index is 6.41. The second-order valence-corrected chi connectivity index (χ2v) is 41.5. The van der Waals surface area contributed by atoms with E-state index in [9.17, 15) is 0 Å². The summed E-state index contributed by atoms with van der Waals surface area (Å²) in [5.41, 5.74) is 44.6. The summed E-state index contributed by atoms with van der Waals surface area (Å²) in [5, 5.41) is 13.3. The third-order valence-corrected chi connectivity index (χ3v) is 28.6. The molecule has 22 aromatic rings. The molecule has 0 spiro atoms.